The first-order valence-corrected chi connectivity index (χ1v) is 7.53. The summed E-state index contributed by atoms with van der Waals surface area (Å²) >= 11 is 0. The Morgan fingerprint density at radius 3 is 2.61 bits per heavy atom. The smallest absolute Gasteiger partial charge is 0.234 e. The van der Waals surface area contributed by atoms with Crippen molar-refractivity contribution in [2.75, 3.05) is 6.54 Å². The third-order valence-electron chi connectivity index (χ3n) is 3.51. The van der Waals surface area contributed by atoms with E-state index in [1.165, 1.54) is 12.1 Å². The van der Waals surface area contributed by atoms with Crippen molar-refractivity contribution in [2.24, 2.45) is 5.73 Å². The molecule has 0 aliphatic rings. The molecular weight excluding hydrogens is 295 g/mol. The Bertz CT molecular complexity index is 644. The highest BCUT2D eigenvalue weighted by atomic mass is 19.1. The predicted molar refractivity (Wildman–Crippen MR) is 87.5 cm³/mol. The van der Waals surface area contributed by atoms with Crippen LogP contribution in [0.3, 0.4) is 0 Å². The zero-order valence-electron chi connectivity index (χ0n) is 13.1. The zero-order valence-corrected chi connectivity index (χ0v) is 13.1. The van der Waals surface area contributed by atoms with Gasteiger partial charge in [-0.05, 0) is 55.3 Å². The Labute approximate surface area is 135 Å². The Morgan fingerprint density at radius 1 is 1.22 bits per heavy atom. The summed E-state index contributed by atoms with van der Waals surface area (Å²) in [6.07, 6.45) is 0.793. The van der Waals surface area contributed by atoms with E-state index in [0.29, 0.717) is 13.2 Å². The van der Waals surface area contributed by atoms with Crippen LogP contribution in [0.2, 0.25) is 0 Å². The maximum Gasteiger partial charge on any atom is 0.234 e. The van der Waals surface area contributed by atoms with Crippen LogP contribution in [0.4, 0.5) is 4.39 Å². The third-order valence-corrected chi connectivity index (χ3v) is 3.51. The molecule has 4 nitrogen and oxygen atoms in total. The highest BCUT2D eigenvalue weighted by molar-refractivity contribution is 5.79. The van der Waals surface area contributed by atoms with E-state index in [0.717, 1.165) is 23.3 Å². The summed E-state index contributed by atoms with van der Waals surface area (Å²) in [7, 11) is 0. The van der Waals surface area contributed by atoms with Crippen LogP contribution in [0, 0.1) is 5.82 Å². The van der Waals surface area contributed by atoms with E-state index in [1.807, 2.05) is 30.3 Å². The van der Waals surface area contributed by atoms with E-state index < -0.39 is 0 Å². The number of hydrogen-bond donors (Lipinski definition) is 2. The van der Waals surface area contributed by atoms with E-state index in [2.05, 4.69) is 5.32 Å². The molecule has 23 heavy (non-hydrogen) atoms. The molecule has 0 aromatic heterocycles. The van der Waals surface area contributed by atoms with Crippen LogP contribution in [-0.4, -0.2) is 18.5 Å². The van der Waals surface area contributed by atoms with Crippen molar-refractivity contribution < 1.29 is 13.9 Å². The summed E-state index contributed by atoms with van der Waals surface area (Å²) in [6, 6.07) is 13.7. The number of carbonyl (C=O) groups is 1. The maximum atomic E-state index is 13.1. The first-order chi connectivity index (χ1) is 11.0. The molecule has 2 rings (SSSR count). The summed E-state index contributed by atoms with van der Waals surface area (Å²) in [5.74, 6) is 0.113. The molecule has 0 saturated heterocycles. The van der Waals surface area contributed by atoms with E-state index in [-0.39, 0.29) is 17.8 Å². The minimum Gasteiger partial charge on any atom is -0.489 e. The molecule has 0 bridgehead atoms. The van der Waals surface area contributed by atoms with E-state index >= 15 is 0 Å². The molecule has 1 unspecified atom stereocenters. The summed E-state index contributed by atoms with van der Waals surface area (Å²) in [6.45, 7) is 2.74. The summed E-state index contributed by atoms with van der Waals surface area (Å²) in [5.41, 5.74) is 7.11. The summed E-state index contributed by atoms with van der Waals surface area (Å²) in [5, 5.41) is 3.06. The standard InChI is InChI=1S/C18H21FN2O2/c1-13(18(20)22)21-10-9-14-5-7-17(8-6-14)23-12-15-3-2-4-16(19)11-15/h2-8,11,13,21H,9-10,12H2,1H3,(H2,20,22). The molecule has 0 saturated carbocycles. The highest BCUT2D eigenvalue weighted by Gasteiger charge is 2.06. The molecule has 0 radical (unpaired) electrons. The fourth-order valence-corrected chi connectivity index (χ4v) is 2.08. The van der Waals surface area contributed by atoms with Gasteiger partial charge in [-0.3, -0.25) is 4.79 Å². The van der Waals surface area contributed by atoms with Gasteiger partial charge < -0.3 is 15.8 Å². The second-order valence-electron chi connectivity index (χ2n) is 5.39. The topological polar surface area (TPSA) is 64.3 Å². The van der Waals surface area contributed by atoms with Gasteiger partial charge in [-0.25, -0.2) is 4.39 Å². The minimum atomic E-state index is -0.355. The van der Waals surface area contributed by atoms with Crippen molar-refractivity contribution in [3.8, 4) is 5.75 Å². The molecule has 0 fully saturated rings. The normalized spacial score (nSPS) is 11.9. The molecule has 1 amide bonds. The van der Waals surface area contributed by atoms with Crippen molar-refractivity contribution in [1.29, 1.82) is 0 Å². The molecular formula is C18H21FN2O2. The van der Waals surface area contributed by atoms with Gasteiger partial charge >= 0.3 is 0 Å². The lowest BCUT2D eigenvalue weighted by Crippen LogP contribution is -2.39. The van der Waals surface area contributed by atoms with Gasteiger partial charge in [-0.1, -0.05) is 24.3 Å². The van der Waals surface area contributed by atoms with Crippen LogP contribution in [0.1, 0.15) is 18.1 Å². The summed E-state index contributed by atoms with van der Waals surface area (Å²) < 4.78 is 18.7. The van der Waals surface area contributed by atoms with E-state index in [4.69, 9.17) is 10.5 Å². The van der Waals surface area contributed by atoms with Gasteiger partial charge in [0.1, 0.15) is 18.2 Å². The fraction of sp³-hybridized carbons (Fsp3) is 0.278. The Kier molecular flexibility index (Phi) is 6.11. The van der Waals surface area contributed by atoms with Crippen molar-refractivity contribution >= 4 is 5.91 Å². The number of amides is 1. The number of nitrogens with one attached hydrogen (secondary N) is 1. The monoisotopic (exact) mass is 316 g/mol. The van der Waals surface area contributed by atoms with Crippen molar-refractivity contribution in [2.45, 2.75) is 26.0 Å². The van der Waals surface area contributed by atoms with Crippen molar-refractivity contribution in [3.63, 3.8) is 0 Å². The quantitative estimate of drug-likeness (QED) is 0.786. The second-order valence-corrected chi connectivity index (χ2v) is 5.39. The molecule has 3 N–H and O–H groups in total. The number of carbonyl (C=O) groups excluding carboxylic acids is 1. The minimum absolute atomic E-state index is 0.265. The van der Waals surface area contributed by atoms with Crippen LogP contribution in [0.25, 0.3) is 0 Å². The lowest BCUT2D eigenvalue weighted by atomic mass is 10.1. The van der Waals surface area contributed by atoms with Gasteiger partial charge in [0.15, 0.2) is 0 Å². The molecule has 2 aromatic rings. The third kappa shape index (κ3) is 5.71. The molecule has 0 aliphatic carbocycles. The van der Waals surface area contributed by atoms with Gasteiger partial charge in [0.2, 0.25) is 5.91 Å². The fourth-order valence-electron chi connectivity index (χ4n) is 2.08. The number of halogens is 1. The largest absolute Gasteiger partial charge is 0.489 e. The SMILES string of the molecule is CC(NCCc1ccc(OCc2cccc(F)c2)cc1)C(N)=O. The Hall–Kier alpha value is -2.40. The number of hydrogen-bond acceptors (Lipinski definition) is 3. The number of benzene rings is 2. The number of nitrogens with two attached hydrogens (primary N) is 1. The number of primary amides is 1. The summed E-state index contributed by atoms with van der Waals surface area (Å²) in [4.78, 5) is 10.9. The lowest BCUT2D eigenvalue weighted by Gasteiger charge is -2.10. The van der Waals surface area contributed by atoms with E-state index in [9.17, 15) is 9.18 Å². The highest BCUT2D eigenvalue weighted by Crippen LogP contribution is 2.15. The van der Waals surface area contributed by atoms with Gasteiger partial charge in [0.05, 0.1) is 6.04 Å². The first kappa shape index (κ1) is 17.0. The van der Waals surface area contributed by atoms with Gasteiger partial charge in [-0.2, -0.15) is 0 Å². The molecule has 2 aromatic carbocycles. The maximum absolute atomic E-state index is 13.1. The van der Waals surface area contributed by atoms with Crippen LogP contribution in [0.15, 0.2) is 48.5 Å². The van der Waals surface area contributed by atoms with E-state index in [1.54, 1.807) is 13.0 Å². The van der Waals surface area contributed by atoms with Crippen LogP contribution < -0.4 is 15.8 Å². The first-order valence-electron chi connectivity index (χ1n) is 7.53. The molecule has 1 atom stereocenters. The lowest BCUT2D eigenvalue weighted by molar-refractivity contribution is -0.119. The van der Waals surface area contributed by atoms with Gasteiger partial charge in [0, 0.05) is 0 Å². The average Bonchev–Trinajstić information content (AvgIpc) is 2.54. The molecule has 5 heteroatoms. The van der Waals surface area contributed by atoms with Crippen LogP contribution >= 0.6 is 0 Å². The Balaban J connectivity index is 1.79. The Morgan fingerprint density at radius 2 is 1.96 bits per heavy atom. The molecule has 0 heterocycles. The van der Waals surface area contributed by atoms with Crippen LogP contribution in [-0.2, 0) is 17.8 Å². The average molecular weight is 316 g/mol. The molecule has 0 aliphatic heterocycles. The second kappa shape index (κ2) is 8.29. The van der Waals surface area contributed by atoms with Crippen molar-refractivity contribution in [3.05, 3.63) is 65.5 Å². The van der Waals surface area contributed by atoms with Gasteiger partial charge in [-0.15, -0.1) is 0 Å². The van der Waals surface area contributed by atoms with Gasteiger partial charge in [0.25, 0.3) is 0 Å². The van der Waals surface area contributed by atoms with Crippen molar-refractivity contribution in [1.82, 2.24) is 5.32 Å². The number of ether oxygens (including phenoxy) is 1. The zero-order chi connectivity index (χ0) is 16.7. The molecule has 0 spiro atoms. The molecule has 122 valence electrons. The van der Waals surface area contributed by atoms with Crippen LogP contribution in [0.5, 0.6) is 5.75 Å². The number of rotatable bonds is 8. The predicted octanol–water partition coefficient (Wildman–Crippen LogP) is 2.41.